The van der Waals surface area contributed by atoms with E-state index in [1.165, 1.54) is 0 Å². The molecule has 0 unspecified atom stereocenters. The van der Waals surface area contributed by atoms with E-state index in [1.807, 2.05) is 50.2 Å². The maximum absolute atomic E-state index is 12.4. The maximum atomic E-state index is 12.4. The predicted octanol–water partition coefficient (Wildman–Crippen LogP) is 4.16. The molecule has 1 aromatic heterocycles. The van der Waals surface area contributed by atoms with Crippen molar-refractivity contribution in [1.29, 1.82) is 0 Å². The van der Waals surface area contributed by atoms with Crippen molar-refractivity contribution in [2.75, 3.05) is 7.11 Å². The van der Waals surface area contributed by atoms with Gasteiger partial charge in [-0.15, -0.1) is 0 Å². The molecule has 1 heterocycles. The number of hydrogen-bond acceptors (Lipinski definition) is 4. The minimum atomic E-state index is -0.270. The van der Waals surface area contributed by atoms with Gasteiger partial charge in [-0.1, -0.05) is 24.3 Å². The van der Waals surface area contributed by atoms with Crippen LogP contribution in [0, 0.1) is 0 Å². The molecule has 25 heavy (non-hydrogen) atoms. The Morgan fingerprint density at radius 2 is 1.96 bits per heavy atom. The van der Waals surface area contributed by atoms with Crippen LogP contribution in [0.5, 0.6) is 11.5 Å². The van der Waals surface area contributed by atoms with Crippen LogP contribution in [0.3, 0.4) is 0 Å². The number of carbonyl (C=O) groups is 1. The van der Waals surface area contributed by atoms with Crippen LogP contribution in [0.15, 0.2) is 52.9 Å². The van der Waals surface area contributed by atoms with Gasteiger partial charge in [0.15, 0.2) is 17.1 Å². The van der Waals surface area contributed by atoms with E-state index in [2.05, 4.69) is 5.32 Å². The number of ether oxygens (including phenoxy) is 2. The Kier molecular flexibility index (Phi) is 4.93. The van der Waals surface area contributed by atoms with Crippen molar-refractivity contribution < 1.29 is 18.7 Å². The lowest BCUT2D eigenvalue weighted by atomic mass is 10.2. The molecule has 0 saturated heterocycles. The molecule has 0 radical (unpaired) electrons. The number of rotatable bonds is 6. The van der Waals surface area contributed by atoms with Crippen molar-refractivity contribution in [2.24, 2.45) is 0 Å². The molecule has 0 saturated carbocycles. The summed E-state index contributed by atoms with van der Waals surface area (Å²) < 4.78 is 16.6. The average Bonchev–Trinajstić information content (AvgIpc) is 3.03. The van der Waals surface area contributed by atoms with E-state index in [1.54, 1.807) is 19.2 Å². The zero-order chi connectivity index (χ0) is 17.8. The molecule has 3 aromatic rings. The summed E-state index contributed by atoms with van der Waals surface area (Å²) in [5.41, 5.74) is 1.53. The van der Waals surface area contributed by atoms with Crippen molar-refractivity contribution in [1.82, 2.24) is 5.32 Å². The van der Waals surface area contributed by atoms with E-state index in [0.717, 1.165) is 16.7 Å². The van der Waals surface area contributed by atoms with Crippen LogP contribution in [0.4, 0.5) is 0 Å². The topological polar surface area (TPSA) is 60.7 Å². The van der Waals surface area contributed by atoms with Crippen LogP contribution in [-0.4, -0.2) is 19.1 Å². The second-order valence-corrected chi connectivity index (χ2v) is 5.99. The molecule has 2 aromatic carbocycles. The average molecular weight is 339 g/mol. The van der Waals surface area contributed by atoms with Crippen molar-refractivity contribution in [3.8, 4) is 11.5 Å². The lowest BCUT2D eigenvalue weighted by Gasteiger charge is -2.11. The highest BCUT2D eigenvalue weighted by Crippen LogP contribution is 2.28. The normalized spacial score (nSPS) is 10.9. The van der Waals surface area contributed by atoms with Crippen LogP contribution in [0.25, 0.3) is 11.0 Å². The van der Waals surface area contributed by atoms with E-state index in [4.69, 9.17) is 13.9 Å². The second kappa shape index (κ2) is 7.30. The highest BCUT2D eigenvalue weighted by molar-refractivity contribution is 5.97. The number of hydrogen-bond donors (Lipinski definition) is 1. The summed E-state index contributed by atoms with van der Waals surface area (Å²) in [6.45, 7) is 4.34. The molecule has 130 valence electrons. The molecule has 0 aliphatic rings. The molecule has 0 aliphatic heterocycles. The standard InChI is InChI=1S/C20H21NO4/c1-13(2)24-16-8-4-6-14(10-16)12-21-20(22)18-11-15-7-5-9-17(23-3)19(15)25-18/h4-11,13H,12H2,1-3H3,(H,21,22). The van der Waals surface area contributed by atoms with Gasteiger partial charge in [0.1, 0.15) is 5.75 Å². The smallest absolute Gasteiger partial charge is 0.287 e. The van der Waals surface area contributed by atoms with Crippen molar-refractivity contribution in [3.05, 3.63) is 59.9 Å². The van der Waals surface area contributed by atoms with E-state index in [9.17, 15) is 4.79 Å². The third kappa shape index (κ3) is 3.94. The third-order valence-electron chi connectivity index (χ3n) is 3.67. The molecule has 0 bridgehead atoms. The number of fused-ring (bicyclic) bond motifs is 1. The van der Waals surface area contributed by atoms with Crippen LogP contribution in [0.2, 0.25) is 0 Å². The fourth-order valence-corrected chi connectivity index (χ4v) is 2.58. The van der Waals surface area contributed by atoms with Gasteiger partial charge in [-0.2, -0.15) is 0 Å². The lowest BCUT2D eigenvalue weighted by Crippen LogP contribution is -2.22. The summed E-state index contributed by atoms with van der Waals surface area (Å²) in [6, 6.07) is 14.9. The van der Waals surface area contributed by atoms with Crippen LogP contribution < -0.4 is 14.8 Å². The number of furan rings is 1. The van der Waals surface area contributed by atoms with Crippen molar-refractivity contribution >= 4 is 16.9 Å². The molecule has 1 amide bonds. The molecular weight excluding hydrogens is 318 g/mol. The van der Waals surface area contributed by atoms with Gasteiger partial charge in [-0.3, -0.25) is 4.79 Å². The Bertz CT molecular complexity index is 882. The molecular formula is C20H21NO4. The van der Waals surface area contributed by atoms with Gasteiger partial charge >= 0.3 is 0 Å². The Hall–Kier alpha value is -2.95. The summed E-state index contributed by atoms with van der Waals surface area (Å²) in [4.78, 5) is 12.4. The summed E-state index contributed by atoms with van der Waals surface area (Å²) >= 11 is 0. The number of methoxy groups -OCH3 is 1. The van der Waals surface area contributed by atoms with E-state index in [0.29, 0.717) is 17.9 Å². The van der Waals surface area contributed by atoms with Crippen LogP contribution >= 0.6 is 0 Å². The summed E-state index contributed by atoms with van der Waals surface area (Å²) in [7, 11) is 1.57. The van der Waals surface area contributed by atoms with Gasteiger partial charge in [0.05, 0.1) is 13.2 Å². The second-order valence-electron chi connectivity index (χ2n) is 5.99. The van der Waals surface area contributed by atoms with Gasteiger partial charge < -0.3 is 19.2 Å². The first kappa shape index (κ1) is 16.9. The van der Waals surface area contributed by atoms with Crippen LogP contribution in [-0.2, 0) is 6.54 Å². The molecule has 0 atom stereocenters. The maximum Gasteiger partial charge on any atom is 0.287 e. The number of nitrogens with one attached hydrogen (secondary N) is 1. The molecule has 0 fully saturated rings. The first-order valence-electron chi connectivity index (χ1n) is 8.17. The van der Waals surface area contributed by atoms with E-state index in [-0.39, 0.29) is 17.8 Å². The van der Waals surface area contributed by atoms with Gasteiger partial charge in [-0.05, 0) is 43.7 Å². The number of benzene rings is 2. The molecule has 3 rings (SSSR count). The Balaban J connectivity index is 1.71. The molecule has 1 N–H and O–H groups in total. The summed E-state index contributed by atoms with van der Waals surface area (Å²) in [5.74, 6) is 1.38. The number of carbonyl (C=O) groups excluding carboxylic acids is 1. The number of amides is 1. The van der Waals surface area contributed by atoms with Crippen molar-refractivity contribution in [3.63, 3.8) is 0 Å². The molecule has 0 aliphatic carbocycles. The zero-order valence-electron chi connectivity index (χ0n) is 14.5. The van der Waals surface area contributed by atoms with E-state index < -0.39 is 0 Å². The summed E-state index contributed by atoms with van der Waals surface area (Å²) in [6.07, 6.45) is 0.107. The Morgan fingerprint density at radius 1 is 1.16 bits per heavy atom. The fraction of sp³-hybridized carbons (Fsp3) is 0.250. The van der Waals surface area contributed by atoms with Gasteiger partial charge in [0.25, 0.3) is 5.91 Å². The first-order valence-corrected chi connectivity index (χ1v) is 8.17. The minimum Gasteiger partial charge on any atom is -0.493 e. The Morgan fingerprint density at radius 3 is 2.72 bits per heavy atom. The fourth-order valence-electron chi connectivity index (χ4n) is 2.58. The highest BCUT2D eigenvalue weighted by atomic mass is 16.5. The lowest BCUT2D eigenvalue weighted by molar-refractivity contribution is 0.0925. The number of para-hydroxylation sites is 1. The third-order valence-corrected chi connectivity index (χ3v) is 3.67. The molecule has 5 nitrogen and oxygen atoms in total. The predicted molar refractivity (Wildman–Crippen MR) is 96.1 cm³/mol. The largest absolute Gasteiger partial charge is 0.493 e. The van der Waals surface area contributed by atoms with Crippen LogP contribution in [0.1, 0.15) is 30.0 Å². The van der Waals surface area contributed by atoms with Gasteiger partial charge in [-0.25, -0.2) is 0 Å². The van der Waals surface area contributed by atoms with Crippen molar-refractivity contribution in [2.45, 2.75) is 26.5 Å². The monoisotopic (exact) mass is 339 g/mol. The first-order chi connectivity index (χ1) is 12.1. The Labute approximate surface area is 146 Å². The molecule has 0 spiro atoms. The highest BCUT2D eigenvalue weighted by Gasteiger charge is 2.14. The minimum absolute atomic E-state index is 0.107. The summed E-state index contributed by atoms with van der Waals surface area (Å²) in [5, 5.41) is 3.70. The SMILES string of the molecule is COc1cccc2cc(C(=O)NCc3cccc(OC(C)C)c3)oc12. The zero-order valence-corrected chi connectivity index (χ0v) is 14.5. The molecule has 5 heteroatoms. The quantitative estimate of drug-likeness (QED) is 0.732. The van der Waals surface area contributed by atoms with Gasteiger partial charge in [0, 0.05) is 11.9 Å². The van der Waals surface area contributed by atoms with Gasteiger partial charge in [0.2, 0.25) is 0 Å². The van der Waals surface area contributed by atoms with E-state index >= 15 is 0 Å².